The van der Waals surface area contributed by atoms with E-state index in [-0.39, 0.29) is 21.3 Å². The maximum absolute atomic E-state index is 14.0. The summed E-state index contributed by atoms with van der Waals surface area (Å²) in [4.78, 5) is 16.9. The van der Waals surface area contributed by atoms with Crippen LogP contribution >= 0.6 is 11.3 Å². The lowest BCUT2D eigenvalue weighted by molar-refractivity contribution is 0.102. The number of anilines is 2. The predicted octanol–water partition coefficient (Wildman–Crippen LogP) is 3.46. The van der Waals surface area contributed by atoms with Crippen molar-refractivity contribution in [3.63, 3.8) is 0 Å². The van der Waals surface area contributed by atoms with Crippen LogP contribution in [-0.4, -0.2) is 33.9 Å². The van der Waals surface area contributed by atoms with Crippen LogP contribution in [0.4, 0.5) is 19.5 Å². The van der Waals surface area contributed by atoms with Crippen molar-refractivity contribution in [2.45, 2.75) is 6.42 Å². The van der Waals surface area contributed by atoms with E-state index >= 15 is 0 Å². The van der Waals surface area contributed by atoms with Gasteiger partial charge < -0.3 is 15.8 Å². The van der Waals surface area contributed by atoms with E-state index < -0.39 is 17.5 Å². The molecule has 150 valence electrons. The lowest BCUT2D eigenvalue weighted by atomic mass is 10.1. The van der Waals surface area contributed by atoms with Crippen LogP contribution in [0.2, 0.25) is 0 Å². The van der Waals surface area contributed by atoms with Gasteiger partial charge in [0.2, 0.25) is 0 Å². The van der Waals surface area contributed by atoms with Crippen molar-refractivity contribution >= 4 is 33.5 Å². The molecular weight excluding hydrogens is 400 g/mol. The largest absolute Gasteiger partial charge is 0.389 e. The van der Waals surface area contributed by atoms with Crippen molar-refractivity contribution in [1.82, 2.24) is 14.8 Å². The summed E-state index contributed by atoms with van der Waals surface area (Å²) in [6.45, 7) is 1.07. The zero-order valence-corrected chi connectivity index (χ0v) is 16.2. The fourth-order valence-electron chi connectivity index (χ4n) is 3.14. The van der Waals surface area contributed by atoms with Crippen LogP contribution in [0.25, 0.3) is 16.1 Å². The highest BCUT2D eigenvalue weighted by Gasteiger charge is 2.23. The number of nitrogens with two attached hydrogens (primary N) is 1. The number of aryl methyl sites for hydroxylation is 1. The molecule has 1 aliphatic heterocycles. The average Bonchev–Trinajstić information content (AvgIpc) is 3.25. The van der Waals surface area contributed by atoms with Gasteiger partial charge in [-0.3, -0.25) is 9.48 Å². The molecule has 3 heterocycles. The zero-order chi connectivity index (χ0) is 20.5. The maximum Gasteiger partial charge on any atom is 0.277 e. The van der Waals surface area contributed by atoms with E-state index in [1.807, 2.05) is 6.08 Å². The van der Waals surface area contributed by atoms with E-state index in [1.54, 1.807) is 11.7 Å². The molecule has 1 aromatic carbocycles. The molecule has 0 aliphatic carbocycles. The molecule has 29 heavy (non-hydrogen) atoms. The third kappa shape index (κ3) is 3.64. The van der Waals surface area contributed by atoms with Crippen LogP contribution in [-0.2, 0) is 11.8 Å². The number of rotatable bonds is 4. The smallest absolute Gasteiger partial charge is 0.277 e. The highest BCUT2D eigenvalue weighted by molar-refractivity contribution is 7.19. The number of nitrogens with zero attached hydrogens (tertiary/aromatic N) is 3. The molecule has 2 aromatic heterocycles. The van der Waals surface area contributed by atoms with Crippen LogP contribution in [0.5, 0.6) is 0 Å². The summed E-state index contributed by atoms with van der Waals surface area (Å²) in [7, 11) is 1.78. The molecule has 3 aromatic rings. The van der Waals surface area contributed by atoms with Crippen molar-refractivity contribution in [1.29, 1.82) is 0 Å². The maximum atomic E-state index is 14.0. The lowest BCUT2D eigenvalue weighted by Gasteiger charge is -2.15. The van der Waals surface area contributed by atoms with Crippen LogP contribution < -0.4 is 11.1 Å². The molecule has 0 atom stereocenters. The number of carbonyl (C=O) groups excluding carboxylic acids is 1. The molecule has 1 amide bonds. The van der Waals surface area contributed by atoms with Gasteiger partial charge in [-0.1, -0.05) is 23.5 Å². The number of hydrogen-bond donors (Lipinski definition) is 2. The number of carbonyl (C=O) groups is 1. The Hall–Kier alpha value is -3.11. The number of hydrogen-bond acceptors (Lipinski definition) is 6. The number of thiazole rings is 1. The molecule has 7 nitrogen and oxygen atoms in total. The molecule has 0 fully saturated rings. The fourth-order valence-corrected chi connectivity index (χ4v) is 4.01. The van der Waals surface area contributed by atoms with Gasteiger partial charge in [0.15, 0.2) is 5.69 Å². The standard InChI is InChI=1S/C19H17F2N5O2S/c1-26-16(10-5-7-28-8-6-10)13(9-23-26)24-18(27)15-17(22)29-19(25-15)14-11(20)3-2-4-12(14)21/h2-5,9H,6-8,22H2,1H3,(H,24,27). The van der Waals surface area contributed by atoms with Gasteiger partial charge in [-0.2, -0.15) is 5.10 Å². The van der Waals surface area contributed by atoms with Gasteiger partial charge in [0.05, 0.1) is 36.4 Å². The molecular formula is C19H17F2N5O2S. The number of nitrogen functional groups attached to an aromatic ring is 1. The number of halogens is 2. The van der Waals surface area contributed by atoms with Crippen LogP contribution in [0.1, 0.15) is 22.6 Å². The second kappa shape index (κ2) is 7.72. The molecule has 0 saturated carbocycles. The zero-order valence-electron chi connectivity index (χ0n) is 15.4. The molecule has 10 heteroatoms. The number of nitrogens with one attached hydrogen (secondary N) is 1. The van der Waals surface area contributed by atoms with Crippen molar-refractivity contribution in [3.05, 3.63) is 53.5 Å². The fraction of sp³-hybridized carbons (Fsp3) is 0.211. The van der Waals surface area contributed by atoms with Crippen molar-refractivity contribution in [3.8, 4) is 10.6 Å². The van der Waals surface area contributed by atoms with Crippen molar-refractivity contribution < 1.29 is 18.3 Å². The first-order chi connectivity index (χ1) is 14.0. The Morgan fingerprint density at radius 1 is 1.34 bits per heavy atom. The monoisotopic (exact) mass is 417 g/mol. The third-order valence-corrected chi connectivity index (χ3v) is 5.40. The topological polar surface area (TPSA) is 95.1 Å². The van der Waals surface area contributed by atoms with Crippen LogP contribution in [0.3, 0.4) is 0 Å². The van der Waals surface area contributed by atoms with Gasteiger partial charge >= 0.3 is 0 Å². The highest BCUT2D eigenvalue weighted by Crippen LogP contribution is 2.34. The minimum atomic E-state index is -0.772. The number of ether oxygens (including phenoxy) is 1. The van der Waals surface area contributed by atoms with Crippen molar-refractivity contribution in [2.24, 2.45) is 7.05 Å². The normalized spacial score (nSPS) is 14.0. The summed E-state index contributed by atoms with van der Waals surface area (Å²) in [6, 6.07) is 3.51. The Balaban J connectivity index is 1.64. The van der Waals surface area contributed by atoms with E-state index in [1.165, 1.54) is 12.3 Å². The van der Waals surface area contributed by atoms with Gasteiger partial charge in [-0.15, -0.1) is 0 Å². The average molecular weight is 417 g/mol. The van der Waals surface area contributed by atoms with Crippen LogP contribution in [0.15, 0.2) is 30.5 Å². The first-order valence-electron chi connectivity index (χ1n) is 8.77. The lowest BCUT2D eigenvalue weighted by Crippen LogP contribution is -2.16. The molecule has 0 spiro atoms. The Labute approximate surface area is 168 Å². The third-order valence-electron chi connectivity index (χ3n) is 4.50. The quantitative estimate of drug-likeness (QED) is 0.678. The number of benzene rings is 1. The molecule has 1 aliphatic rings. The highest BCUT2D eigenvalue weighted by atomic mass is 32.1. The molecule has 3 N–H and O–H groups in total. The number of amides is 1. The van der Waals surface area contributed by atoms with E-state index in [0.29, 0.717) is 25.3 Å². The Morgan fingerprint density at radius 2 is 2.10 bits per heavy atom. The minimum absolute atomic E-state index is 0.00166. The Morgan fingerprint density at radius 3 is 2.79 bits per heavy atom. The first-order valence-corrected chi connectivity index (χ1v) is 9.58. The summed E-state index contributed by atoms with van der Waals surface area (Å²) < 4.78 is 35.1. The summed E-state index contributed by atoms with van der Waals surface area (Å²) in [5, 5.41) is 7.03. The van der Waals surface area contributed by atoms with Gasteiger partial charge in [0.25, 0.3) is 5.91 Å². The second-order valence-corrected chi connectivity index (χ2v) is 7.40. The predicted molar refractivity (Wildman–Crippen MR) is 106 cm³/mol. The molecule has 0 radical (unpaired) electrons. The molecule has 0 saturated heterocycles. The van der Waals surface area contributed by atoms with Gasteiger partial charge in [-0.25, -0.2) is 13.8 Å². The first kappa shape index (κ1) is 19.2. The summed E-state index contributed by atoms with van der Waals surface area (Å²) in [6.07, 6.45) is 4.16. The van der Waals surface area contributed by atoms with E-state index in [0.717, 1.165) is 34.7 Å². The van der Waals surface area contributed by atoms with Gasteiger partial charge in [0, 0.05) is 7.05 Å². The van der Waals surface area contributed by atoms with Gasteiger partial charge in [0.1, 0.15) is 21.6 Å². The summed E-state index contributed by atoms with van der Waals surface area (Å²) >= 11 is 0.849. The Bertz CT molecular complexity index is 1100. The SMILES string of the molecule is Cn1ncc(NC(=O)c2nc(-c3c(F)cccc3F)sc2N)c1C1=CCOCC1. The minimum Gasteiger partial charge on any atom is -0.389 e. The van der Waals surface area contributed by atoms with Gasteiger partial charge in [-0.05, 0) is 24.1 Å². The van der Waals surface area contributed by atoms with E-state index in [2.05, 4.69) is 15.4 Å². The van der Waals surface area contributed by atoms with Crippen molar-refractivity contribution in [2.75, 3.05) is 24.3 Å². The Kier molecular flexibility index (Phi) is 5.12. The van der Waals surface area contributed by atoms with E-state index in [9.17, 15) is 13.6 Å². The van der Waals surface area contributed by atoms with E-state index in [4.69, 9.17) is 10.5 Å². The summed E-state index contributed by atoms with van der Waals surface area (Å²) in [5.41, 5.74) is 7.78. The second-order valence-electron chi connectivity index (χ2n) is 6.37. The van der Waals surface area contributed by atoms with Crippen LogP contribution in [0, 0.1) is 11.6 Å². The summed E-state index contributed by atoms with van der Waals surface area (Å²) in [5.74, 6) is -2.12. The number of aromatic nitrogens is 3. The molecule has 0 unspecified atom stereocenters. The molecule has 4 rings (SSSR count). The molecule has 0 bridgehead atoms.